The molecule has 0 bridgehead atoms. The molecule has 2 aromatic rings. The smallest absolute Gasteiger partial charge is 0.406 e. The van der Waals surface area contributed by atoms with Crippen molar-refractivity contribution in [2.75, 3.05) is 5.32 Å². The number of halogens is 3. The first-order chi connectivity index (χ1) is 8.92. The normalized spacial score (nSPS) is 11.2. The summed E-state index contributed by atoms with van der Waals surface area (Å²) < 4.78 is 39.7. The van der Waals surface area contributed by atoms with Crippen molar-refractivity contribution in [2.45, 2.75) is 13.3 Å². The lowest BCUT2D eigenvalue weighted by Gasteiger charge is -2.10. The van der Waals surface area contributed by atoms with Crippen LogP contribution >= 0.6 is 0 Å². The largest absolute Gasteiger partial charge is 0.573 e. The molecule has 0 saturated carbocycles. The average Bonchev–Trinajstić information content (AvgIpc) is 2.30. The minimum atomic E-state index is -4.68. The molecule has 1 aromatic carbocycles. The molecule has 0 fully saturated rings. The van der Waals surface area contributed by atoms with Gasteiger partial charge in [-0.2, -0.15) is 0 Å². The van der Waals surface area contributed by atoms with Crippen LogP contribution in [0.25, 0.3) is 0 Å². The zero-order valence-corrected chi connectivity index (χ0v) is 9.90. The number of benzene rings is 1. The number of aromatic nitrogens is 2. The van der Waals surface area contributed by atoms with Crippen LogP contribution in [-0.4, -0.2) is 16.3 Å². The number of aryl methyl sites for hydroxylation is 1. The van der Waals surface area contributed by atoms with Crippen LogP contribution in [-0.2, 0) is 0 Å². The molecule has 0 aliphatic carbocycles. The van der Waals surface area contributed by atoms with Crippen molar-refractivity contribution in [2.24, 2.45) is 0 Å². The van der Waals surface area contributed by atoms with E-state index >= 15 is 0 Å². The molecule has 1 aromatic heterocycles. The van der Waals surface area contributed by atoms with Gasteiger partial charge in [-0.05, 0) is 31.2 Å². The first kappa shape index (κ1) is 13.1. The molecule has 1 heterocycles. The van der Waals surface area contributed by atoms with E-state index in [1.165, 1.54) is 30.6 Å². The summed E-state index contributed by atoms with van der Waals surface area (Å²) in [5.41, 5.74) is 1.39. The average molecular weight is 269 g/mol. The van der Waals surface area contributed by atoms with Crippen LogP contribution in [0.15, 0.2) is 36.7 Å². The topological polar surface area (TPSA) is 47.0 Å². The van der Waals surface area contributed by atoms with Gasteiger partial charge in [0.25, 0.3) is 0 Å². The van der Waals surface area contributed by atoms with Crippen molar-refractivity contribution >= 4 is 11.5 Å². The van der Waals surface area contributed by atoms with Gasteiger partial charge in [0.2, 0.25) is 0 Å². The molecule has 0 atom stereocenters. The molecule has 4 nitrogen and oxygen atoms in total. The zero-order chi connectivity index (χ0) is 13.9. The van der Waals surface area contributed by atoms with Gasteiger partial charge in [-0.15, -0.1) is 13.2 Å². The van der Waals surface area contributed by atoms with E-state index in [2.05, 4.69) is 20.0 Å². The Morgan fingerprint density at radius 3 is 2.37 bits per heavy atom. The van der Waals surface area contributed by atoms with Crippen molar-refractivity contribution in [1.82, 2.24) is 9.97 Å². The third-order valence-electron chi connectivity index (χ3n) is 2.16. The maximum atomic E-state index is 12.0. The minimum Gasteiger partial charge on any atom is -0.406 e. The molecule has 1 N–H and O–H groups in total. The lowest BCUT2D eigenvalue weighted by atomic mass is 10.3. The third kappa shape index (κ3) is 4.13. The summed E-state index contributed by atoms with van der Waals surface area (Å²) in [4.78, 5) is 7.92. The minimum absolute atomic E-state index is 0.267. The van der Waals surface area contributed by atoms with E-state index in [0.717, 1.165) is 5.69 Å². The van der Waals surface area contributed by atoms with Crippen LogP contribution in [0.5, 0.6) is 5.75 Å². The second-order valence-corrected chi connectivity index (χ2v) is 3.74. The van der Waals surface area contributed by atoms with Gasteiger partial charge in [0.1, 0.15) is 17.9 Å². The Hall–Kier alpha value is -2.31. The summed E-state index contributed by atoms with van der Waals surface area (Å²) >= 11 is 0. The number of hydrogen-bond acceptors (Lipinski definition) is 4. The van der Waals surface area contributed by atoms with Crippen molar-refractivity contribution in [3.8, 4) is 5.75 Å². The first-order valence-electron chi connectivity index (χ1n) is 5.34. The molecule has 7 heteroatoms. The molecular weight excluding hydrogens is 259 g/mol. The Morgan fingerprint density at radius 1 is 1.11 bits per heavy atom. The van der Waals surface area contributed by atoms with E-state index in [4.69, 9.17) is 0 Å². The van der Waals surface area contributed by atoms with Crippen LogP contribution in [0.2, 0.25) is 0 Å². The Bertz CT molecular complexity index is 555. The van der Waals surface area contributed by atoms with Gasteiger partial charge in [-0.25, -0.2) is 9.97 Å². The first-order valence-corrected chi connectivity index (χ1v) is 5.34. The lowest BCUT2D eigenvalue weighted by Crippen LogP contribution is -2.16. The molecular formula is C12H10F3N3O. The fourth-order valence-electron chi connectivity index (χ4n) is 1.41. The van der Waals surface area contributed by atoms with E-state index in [1.54, 1.807) is 6.07 Å². The van der Waals surface area contributed by atoms with Crippen LogP contribution in [0.4, 0.5) is 24.7 Å². The number of alkyl halides is 3. The molecule has 0 saturated heterocycles. The molecule has 0 radical (unpaired) electrons. The molecule has 19 heavy (non-hydrogen) atoms. The second-order valence-electron chi connectivity index (χ2n) is 3.74. The molecule has 2 rings (SSSR count). The number of nitrogens with one attached hydrogen (secondary N) is 1. The zero-order valence-electron chi connectivity index (χ0n) is 9.90. The summed E-state index contributed by atoms with van der Waals surface area (Å²) in [5, 5.41) is 2.95. The SMILES string of the molecule is Cc1cc(Nc2ccc(OC(F)(F)F)cc2)ncn1. The van der Waals surface area contributed by atoms with Crippen LogP contribution < -0.4 is 10.1 Å². The fourth-order valence-corrected chi connectivity index (χ4v) is 1.41. The van der Waals surface area contributed by atoms with Gasteiger partial charge >= 0.3 is 6.36 Å². The van der Waals surface area contributed by atoms with Gasteiger partial charge in [-0.1, -0.05) is 0 Å². The van der Waals surface area contributed by atoms with Gasteiger partial charge in [0.15, 0.2) is 0 Å². The van der Waals surface area contributed by atoms with Gasteiger partial charge in [0, 0.05) is 17.4 Å². The lowest BCUT2D eigenvalue weighted by molar-refractivity contribution is -0.274. The van der Waals surface area contributed by atoms with Crippen molar-refractivity contribution in [3.63, 3.8) is 0 Å². The number of rotatable bonds is 3. The van der Waals surface area contributed by atoms with Crippen molar-refractivity contribution < 1.29 is 17.9 Å². The standard InChI is InChI=1S/C12H10F3N3O/c1-8-6-11(17-7-16-8)18-9-2-4-10(5-3-9)19-12(13,14)15/h2-7H,1H3,(H,16,17,18). The number of hydrogen-bond donors (Lipinski definition) is 1. The highest BCUT2D eigenvalue weighted by Crippen LogP contribution is 2.24. The van der Waals surface area contributed by atoms with E-state index in [9.17, 15) is 13.2 Å². The summed E-state index contributed by atoms with van der Waals surface area (Å²) in [6.45, 7) is 1.81. The summed E-state index contributed by atoms with van der Waals surface area (Å²) in [6.07, 6.45) is -3.28. The molecule has 0 spiro atoms. The molecule has 0 amide bonds. The van der Waals surface area contributed by atoms with Gasteiger partial charge < -0.3 is 10.1 Å². The summed E-state index contributed by atoms with van der Waals surface area (Å²) in [5.74, 6) is 0.300. The van der Waals surface area contributed by atoms with Crippen molar-refractivity contribution in [3.05, 3.63) is 42.4 Å². The van der Waals surface area contributed by atoms with E-state index in [0.29, 0.717) is 11.5 Å². The molecule has 0 aliphatic heterocycles. The quantitative estimate of drug-likeness (QED) is 0.927. The molecule has 0 aliphatic rings. The summed E-state index contributed by atoms with van der Waals surface area (Å²) in [6, 6.07) is 7.12. The highest BCUT2D eigenvalue weighted by molar-refractivity contribution is 5.57. The number of ether oxygens (including phenoxy) is 1. The van der Waals surface area contributed by atoms with Gasteiger partial charge in [-0.3, -0.25) is 0 Å². The second kappa shape index (κ2) is 5.13. The van der Waals surface area contributed by atoms with E-state index < -0.39 is 6.36 Å². The fraction of sp³-hybridized carbons (Fsp3) is 0.167. The van der Waals surface area contributed by atoms with Crippen molar-refractivity contribution in [1.29, 1.82) is 0 Å². The third-order valence-corrected chi connectivity index (χ3v) is 2.16. The maximum absolute atomic E-state index is 12.0. The van der Waals surface area contributed by atoms with Crippen LogP contribution in [0, 0.1) is 6.92 Å². The van der Waals surface area contributed by atoms with E-state index in [1.807, 2.05) is 6.92 Å². The Balaban J connectivity index is 2.07. The number of anilines is 2. The monoisotopic (exact) mass is 269 g/mol. The Morgan fingerprint density at radius 2 is 1.79 bits per heavy atom. The number of nitrogens with zero attached hydrogens (tertiary/aromatic N) is 2. The highest BCUT2D eigenvalue weighted by Gasteiger charge is 2.30. The Kier molecular flexibility index (Phi) is 3.55. The highest BCUT2D eigenvalue weighted by atomic mass is 19.4. The molecule has 100 valence electrons. The van der Waals surface area contributed by atoms with Gasteiger partial charge in [0.05, 0.1) is 0 Å². The predicted molar refractivity (Wildman–Crippen MR) is 63.2 cm³/mol. The van der Waals surface area contributed by atoms with Crippen LogP contribution in [0.3, 0.4) is 0 Å². The van der Waals surface area contributed by atoms with E-state index in [-0.39, 0.29) is 5.75 Å². The summed E-state index contributed by atoms with van der Waals surface area (Å²) in [7, 11) is 0. The Labute approximate surface area is 107 Å². The maximum Gasteiger partial charge on any atom is 0.573 e. The molecule has 0 unspecified atom stereocenters. The predicted octanol–water partition coefficient (Wildman–Crippen LogP) is 3.43. The van der Waals surface area contributed by atoms with Crippen LogP contribution in [0.1, 0.15) is 5.69 Å².